The largest absolute Gasteiger partial charge is 0.478 e. The second-order valence-corrected chi connectivity index (χ2v) is 4.89. The minimum atomic E-state index is 0.562. The molecule has 112 valence electrons. The number of ether oxygens (including phenoxy) is 1. The normalized spacial score (nSPS) is 10.4. The standard InChI is InChI=1S/C16H22N4O/c1-3-8-21-15-9-12(2)19-16(20-15)18-11-14-6-4-13(10-17)5-7-14/h4-7,9H,3,8,10-11,17H2,1-2H3,(H,18,19,20). The van der Waals surface area contributed by atoms with E-state index in [2.05, 4.69) is 34.3 Å². The Hall–Kier alpha value is -2.14. The maximum atomic E-state index is 5.59. The molecule has 0 aliphatic rings. The molecule has 0 amide bonds. The molecule has 2 aromatic rings. The second kappa shape index (κ2) is 7.59. The van der Waals surface area contributed by atoms with Crippen LogP contribution in [0.2, 0.25) is 0 Å². The van der Waals surface area contributed by atoms with Gasteiger partial charge in [0.25, 0.3) is 0 Å². The lowest BCUT2D eigenvalue weighted by molar-refractivity contribution is 0.305. The van der Waals surface area contributed by atoms with Gasteiger partial charge in [-0.25, -0.2) is 4.98 Å². The van der Waals surface area contributed by atoms with E-state index in [1.807, 2.05) is 25.1 Å². The molecule has 5 nitrogen and oxygen atoms in total. The van der Waals surface area contributed by atoms with E-state index in [9.17, 15) is 0 Å². The molecule has 3 N–H and O–H groups in total. The first-order valence-electron chi connectivity index (χ1n) is 7.21. The topological polar surface area (TPSA) is 73.1 Å². The lowest BCUT2D eigenvalue weighted by Crippen LogP contribution is -2.07. The molecule has 0 aliphatic heterocycles. The van der Waals surface area contributed by atoms with Crippen LogP contribution in [0, 0.1) is 6.92 Å². The van der Waals surface area contributed by atoms with E-state index >= 15 is 0 Å². The first-order chi connectivity index (χ1) is 10.2. The van der Waals surface area contributed by atoms with Crippen molar-refractivity contribution < 1.29 is 4.74 Å². The Labute approximate surface area is 125 Å². The van der Waals surface area contributed by atoms with Crippen molar-refractivity contribution in [1.82, 2.24) is 9.97 Å². The van der Waals surface area contributed by atoms with E-state index in [0.717, 1.165) is 23.2 Å². The van der Waals surface area contributed by atoms with Crippen LogP contribution < -0.4 is 15.8 Å². The summed E-state index contributed by atoms with van der Waals surface area (Å²) in [5.41, 5.74) is 8.76. The summed E-state index contributed by atoms with van der Waals surface area (Å²) < 4.78 is 5.55. The highest BCUT2D eigenvalue weighted by Crippen LogP contribution is 2.13. The van der Waals surface area contributed by atoms with Gasteiger partial charge in [0.2, 0.25) is 11.8 Å². The van der Waals surface area contributed by atoms with E-state index in [-0.39, 0.29) is 0 Å². The highest BCUT2D eigenvalue weighted by molar-refractivity contribution is 5.33. The van der Waals surface area contributed by atoms with E-state index in [0.29, 0.717) is 31.5 Å². The molecule has 1 heterocycles. The fourth-order valence-corrected chi connectivity index (χ4v) is 1.87. The summed E-state index contributed by atoms with van der Waals surface area (Å²) in [6.07, 6.45) is 0.958. The van der Waals surface area contributed by atoms with Crippen LogP contribution in [0.4, 0.5) is 5.95 Å². The van der Waals surface area contributed by atoms with Gasteiger partial charge in [0.15, 0.2) is 0 Å². The SMILES string of the molecule is CCCOc1cc(C)nc(NCc2ccc(CN)cc2)n1. The highest BCUT2D eigenvalue weighted by atomic mass is 16.5. The van der Waals surface area contributed by atoms with Crippen LogP contribution >= 0.6 is 0 Å². The van der Waals surface area contributed by atoms with Crippen LogP contribution in [0.5, 0.6) is 5.88 Å². The Balaban J connectivity index is 1.99. The van der Waals surface area contributed by atoms with Crippen molar-refractivity contribution in [2.75, 3.05) is 11.9 Å². The number of hydrogen-bond donors (Lipinski definition) is 2. The van der Waals surface area contributed by atoms with Gasteiger partial charge < -0.3 is 15.8 Å². The van der Waals surface area contributed by atoms with Crippen LogP contribution in [0.25, 0.3) is 0 Å². The summed E-state index contributed by atoms with van der Waals surface area (Å²) in [6, 6.07) is 10.0. The van der Waals surface area contributed by atoms with Crippen molar-refractivity contribution in [3.05, 3.63) is 47.2 Å². The number of benzene rings is 1. The van der Waals surface area contributed by atoms with Gasteiger partial charge in [-0.1, -0.05) is 31.2 Å². The maximum absolute atomic E-state index is 5.59. The lowest BCUT2D eigenvalue weighted by Gasteiger charge is -2.09. The van der Waals surface area contributed by atoms with E-state index in [1.165, 1.54) is 0 Å². The molecule has 1 aromatic carbocycles. The average Bonchev–Trinajstić information content (AvgIpc) is 2.51. The molecule has 1 aromatic heterocycles. The van der Waals surface area contributed by atoms with Crippen molar-refractivity contribution >= 4 is 5.95 Å². The summed E-state index contributed by atoms with van der Waals surface area (Å²) in [5.74, 6) is 1.20. The number of aromatic nitrogens is 2. The van der Waals surface area contributed by atoms with E-state index in [4.69, 9.17) is 10.5 Å². The molecule has 0 fully saturated rings. The first-order valence-corrected chi connectivity index (χ1v) is 7.21. The summed E-state index contributed by atoms with van der Waals surface area (Å²) >= 11 is 0. The van der Waals surface area contributed by atoms with Gasteiger partial charge in [0, 0.05) is 24.8 Å². The molecule has 0 aliphatic carbocycles. The molecule has 0 bridgehead atoms. The number of nitrogens with two attached hydrogens (primary N) is 1. The van der Waals surface area contributed by atoms with Crippen molar-refractivity contribution in [1.29, 1.82) is 0 Å². The third-order valence-corrected chi connectivity index (χ3v) is 2.99. The van der Waals surface area contributed by atoms with Gasteiger partial charge in [0.1, 0.15) is 0 Å². The third kappa shape index (κ3) is 4.72. The van der Waals surface area contributed by atoms with E-state index < -0.39 is 0 Å². The predicted octanol–water partition coefficient (Wildman–Crippen LogP) is 2.64. The first kappa shape index (κ1) is 15.3. The van der Waals surface area contributed by atoms with E-state index in [1.54, 1.807) is 0 Å². The van der Waals surface area contributed by atoms with Crippen LogP contribution in [0.15, 0.2) is 30.3 Å². The Morgan fingerprint density at radius 1 is 1.14 bits per heavy atom. The van der Waals surface area contributed by atoms with Crippen LogP contribution in [-0.2, 0) is 13.1 Å². The summed E-state index contributed by atoms with van der Waals surface area (Å²) in [7, 11) is 0. The molecule has 0 saturated heterocycles. The maximum Gasteiger partial charge on any atom is 0.226 e. The summed E-state index contributed by atoms with van der Waals surface area (Å²) in [4.78, 5) is 8.72. The van der Waals surface area contributed by atoms with Crippen molar-refractivity contribution in [3.8, 4) is 5.88 Å². The molecule has 0 unspecified atom stereocenters. The van der Waals surface area contributed by atoms with Gasteiger partial charge in [-0.2, -0.15) is 4.98 Å². The number of anilines is 1. The number of nitrogens with zero attached hydrogens (tertiary/aromatic N) is 2. The Kier molecular flexibility index (Phi) is 5.51. The summed E-state index contributed by atoms with van der Waals surface area (Å²) in [5, 5.41) is 3.22. The Morgan fingerprint density at radius 2 is 1.86 bits per heavy atom. The molecule has 0 atom stereocenters. The van der Waals surface area contributed by atoms with Crippen LogP contribution in [-0.4, -0.2) is 16.6 Å². The molecule has 5 heteroatoms. The molecule has 0 saturated carbocycles. The van der Waals surface area contributed by atoms with Crippen molar-refractivity contribution in [2.24, 2.45) is 5.73 Å². The minimum Gasteiger partial charge on any atom is -0.478 e. The monoisotopic (exact) mass is 286 g/mol. The van der Waals surface area contributed by atoms with Gasteiger partial charge in [-0.3, -0.25) is 0 Å². The average molecular weight is 286 g/mol. The fourth-order valence-electron chi connectivity index (χ4n) is 1.87. The quantitative estimate of drug-likeness (QED) is 0.818. The number of nitrogens with one attached hydrogen (secondary N) is 1. The van der Waals surface area contributed by atoms with Gasteiger partial charge in [-0.05, 0) is 24.5 Å². The molecule has 2 rings (SSSR count). The van der Waals surface area contributed by atoms with Gasteiger partial charge in [0.05, 0.1) is 6.61 Å². The highest BCUT2D eigenvalue weighted by Gasteiger charge is 2.03. The number of hydrogen-bond acceptors (Lipinski definition) is 5. The van der Waals surface area contributed by atoms with Crippen molar-refractivity contribution in [3.63, 3.8) is 0 Å². The Bertz CT molecular complexity index is 569. The fraction of sp³-hybridized carbons (Fsp3) is 0.375. The molecular weight excluding hydrogens is 264 g/mol. The zero-order valence-corrected chi connectivity index (χ0v) is 12.6. The smallest absolute Gasteiger partial charge is 0.226 e. The van der Waals surface area contributed by atoms with Crippen molar-refractivity contribution in [2.45, 2.75) is 33.4 Å². The zero-order chi connectivity index (χ0) is 15.1. The lowest BCUT2D eigenvalue weighted by atomic mass is 10.1. The van der Waals surface area contributed by atoms with Gasteiger partial charge >= 0.3 is 0 Å². The summed E-state index contributed by atoms with van der Waals surface area (Å²) in [6.45, 7) is 5.89. The van der Waals surface area contributed by atoms with Crippen LogP contribution in [0.3, 0.4) is 0 Å². The van der Waals surface area contributed by atoms with Crippen LogP contribution in [0.1, 0.15) is 30.2 Å². The molecular formula is C16H22N4O. The number of aryl methyl sites for hydroxylation is 1. The number of rotatable bonds is 7. The van der Waals surface area contributed by atoms with Gasteiger partial charge in [-0.15, -0.1) is 0 Å². The predicted molar refractivity (Wildman–Crippen MR) is 84.2 cm³/mol. The second-order valence-electron chi connectivity index (χ2n) is 4.89. The zero-order valence-electron chi connectivity index (χ0n) is 12.6. The molecule has 0 radical (unpaired) electrons. The molecule has 0 spiro atoms. The Morgan fingerprint density at radius 3 is 2.52 bits per heavy atom. The minimum absolute atomic E-state index is 0.562. The molecule has 21 heavy (non-hydrogen) atoms. The third-order valence-electron chi connectivity index (χ3n) is 2.99.